The number of fused-ring (bicyclic) bond motifs is 8. The van der Waals surface area contributed by atoms with Crippen molar-refractivity contribution in [2.24, 2.45) is 0 Å². The van der Waals surface area contributed by atoms with Crippen molar-refractivity contribution in [3.63, 3.8) is 0 Å². The fourth-order valence-electron chi connectivity index (χ4n) is 7.82. The van der Waals surface area contributed by atoms with E-state index in [1.807, 2.05) is 128 Å². The van der Waals surface area contributed by atoms with Gasteiger partial charge in [0.25, 0.3) is 0 Å². The second-order valence-corrected chi connectivity index (χ2v) is 22.1. The zero-order valence-corrected chi connectivity index (χ0v) is 37.9. The third kappa shape index (κ3) is 7.89. The van der Waals surface area contributed by atoms with E-state index in [-0.39, 0.29) is 20.1 Å². The Bertz CT molecular complexity index is 3550. The molecule has 0 saturated carbocycles. The van der Waals surface area contributed by atoms with E-state index in [0.29, 0.717) is 22.4 Å². The number of nitrogens with zero attached hydrogens (tertiary/aromatic N) is 2. The van der Waals surface area contributed by atoms with Crippen LogP contribution in [0.15, 0.2) is 175 Å². The van der Waals surface area contributed by atoms with Crippen LogP contribution in [0.1, 0.15) is 23.5 Å². The SMILES string of the molecule is [2H]C([2H])([2H])c1c[c-]c(-c2ccc([Si](C)(C)C)cn2)c2sc3ccccc3c12.[2H]C([2H])(c1ccccc1)c1cc(-c2[c-]cc3oc4ccc5ccccc5c4c3c2)ncc1-c1ccccc1.[Ir]. The van der Waals surface area contributed by atoms with E-state index < -0.39 is 21.3 Å². The Morgan fingerprint density at radius 3 is 2.18 bits per heavy atom. The molecular weight excluding hydrogens is 957 g/mol. The second kappa shape index (κ2) is 16.8. The van der Waals surface area contributed by atoms with Crippen LogP contribution in [0.2, 0.25) is 19.6 Å². The van der Waals surface area contributed by atoms with Crippen molar-refractivity contribution in [2.75, 3.05) is 0 Å². The van der Waals surface area contributed by atoms with Crippen LogP contribution in [0.3, 0.4) is 0 Å². The minimum atomic E-state index is -2.17. The van der Waals surface area contributed by atoms with E-state index in [9.17, 15) is 2.74 Å². The van der Waals surface area contributed by atoms with Crippen molar-refractivity contribution < 1.29 is 31.4 Å². The van der Waals surface area contributed by atoms with Crippen molar-refractivity contribution >= 4 is 77.5 Å². The fraction of sp³-hybridized carbons (Fsp3) is 0.0909. The normalized spacial score (nSPS) is 13.2. The molecule has 0 unspecified atom stereocenters. The van der Waals surface area contributed by atoms with Gasteiger partial charge in [-0.15, -0.1) is 47.0 Å². The van der Waals surface area contributed by atoms with Crippen LogP contribution >= 0.6 is 11.3 Å². The Hall–Kier alpha value is -6.01. The molecule has 299 valence electrons. The van der Waals surface area contributed by atoms with E-state index in [2.05, 4.69) is 62.1 Å². The van der Waals surface area contributed by atoms with Crippen LogP contribution in [-0.4, -0.2) is 18.0 Å². The van der Waals surface area contributed by atoms with Gasteiger partial charge in [0, 0.05) is 55.0 Å². The summed E-state index contributed by atoms with van der Waals surface area (Å²) in [6, 6.07) is 57.7. The van der Waals surface area contributed by atoms with Gasteiger partial charge in [-0.2, -0.15) is 11.3 Å². The van der Waals surface area contributed by atoms with Gasteiger partial charge in [-0.3, -0.25) is 0 Å². The maximum Gasteiger partial charge on any atom is 0.121 e. The Balaban J connectivity index is 0.000000173. The first-order valence-electron chi connectivity index (χ1n) is 22.5. The summed E-state index contributed by atoms with van der Waals surface area (Å²) in [6.45, 7) is 4.72. The smallest absolute Gasteiger partial charge is 0.121 e. The van der Waals surface area contributed by atoms with Gasteiger partial charge < -0.3 is 14.4 Å². The molecule has 61 heavy (non-hydrogen) atoms. The molecule has 4 heterocycles. The quantitative estimate of drug-likeness (QED) is 0.123. The fourth-order valence-corrected chi connectivity index (χ4v) is 10.1. The molecule has 0 atom stereocenters. The molecule has 0 aliphatic carbocycles. The van der Waals surface area contributed by atoms with Gasteiger partial charge in [0.2, 0.25) is 0 Å². The number of aryl methyl sites for hydroxylation is 1. The van der Waals surface area contributed by atoms with E-state index in [0.717, 1.165) is 80.8 Å². The molecule has 1 radical (unpaired) electrons. The van der Waals surface area contributed by atoms with Crippen LogP contribution in [0.5, 0.6) is 0 Å². The number of pyridine rings is 2. The number of hydrogen-bond donors (Lipinski definition) is 0. The summed E-state index contributed by atoms with van der Waals surface area (Å²) in [5.41, 5.74) is 7.98. The third-order valence-corrected chi connectivity index (χ3v) is 14.2. The molecule has 0 N–H and O–H groups in total. The first-order valence-corrected chi connectivity index (χ1v) is 24.3. The Morgan fingerprint density at radius 1 is 0.672 bits per heavy atom. The molecule has 3 nitrogen and oxygen atoms in total. The summed E-state index contributed by atoms with van der Waals surface area (Å²) in [5, 5.41) is 7.44. The molecule has 0 amide bonds. The molecule has 11 aromatic rings. The topological polar surface area (TPSA) is 38.9 Å². The molecule has 0 aliphatic heterocycles. The molecule has 0 spiro atoms. The van der Waals surface area contributed by atoms with Gasteiger partial charge in [-0.25, -0.2) is 0 Å². The molecule has 0 fully saturated rings. The van der Waals surface area contributed by atoms with Gasteiger partial charge in [0.15, 0.2) is 0 Å². The van der Waals surface area contributed by atoms with Crippen molar-refractivity contribution in [3.8, 4) is 33.6 Å². The van der Waals surface area contributed by atoms with Gasteiger partial charge in [-0.1, -0.05) is 165 Å². The molecule has 11 rings (SSSR count). The van der Waals surface area contributed by atoms with E-state index >= 15 is 0 Å². The van der Waals surface area contributed by atoms with Gasteiger partial charge in [-0.05, 0) is 72.6 Å². The number of aromatic nitrogens is 2. The zero-order valence-electron chi connectivity index (χ0n) is 38.7. The second-order valence-electron chi connectivity index (χ2n) is 15.9. The number of hydrogen-bond acceptors (Lipinski definition) is 4. The molecule has 7 aromatic carbocycles. The van der Waals surface area contributed by atoms with Crippen LogP contribution in [0, 0.1) is 19.0 Å². The first-order chi connectivity index (χ1) is 31.3. The van der Waals surface area contributed by atoms with Crippen molar-refractivity contribution in [2.45, 2.75) is 32.9 Å². The number of benzene rings is 7. The van der Waals surface area contributed by atoms with Crippen molar-refractivity contribution in [1.82, 2.24) is 9.97 Å². The zero-order chi connectivity index (χ0) is 45.1. The largest absolute Gasteiger partial charge is 0.500 e. The summed E-state index contributed by atoms with van der Waals surface area (Å²) >= 11 is 1.61. The molecule has 0 aliphatic rings. The summed E-state index contributed by atoms with van der Waals surface area (Å²) in [4.78, 5) is 9.50. The summed E-state index contributed by atoms with van der Waals surface area (Å²) in [7, 11) is -1.42. The van der Waals surface area contributed by atoms with Crippen LogP contribution in [0.4, 0.5) is 0 Å². The van der Waals surface area contributed by atoms with Crippen LogP contribution in [-0.2, 0) is 26.5 Å². The Kier molecular flexibility index (Phi) is 9.55. The molecule has 0 bridgehead atoms. The summed E-state index contributed by atoms with van der Waals surface area (Å²) < 4.78 is 50.4. The average Bonchev–Trinajstić information content (AvgIpc) is 3.90. The number of thiophene rings is 1. The Morgan fingerprint density at radius 2 is 1.41 bits per heavy atom. The standard InChI is InChI=1S/C34H22NO.C21H20NSSi.Ir/c1-3-9-23(10-4-1)19-27-21-31(35-22-30(27)24-11-5-2-6-12-24)26-16-17-32-29(20-26)34-28-14-8-7-13-25(28)15-18-33(34)36-32;1-14-9-11-16(18-12-10-15(13-22-18)24(2,3)4)21-20(14)17-7-5-6-8-19(17)23-21;/h1-15,17-18,20-22H,19H2;5-10,12-13H,1-4H3;/q2*-1;/i19D2;1D3;. The summed E-state index contributed by atoms with van der Waals surface area (Å²) in [5.74, 6) is 0. The van der Waals surface area contributed by atoms with E-state index in [4.69, 9.17) is 18.5 Å². The van der Waals surface area contributed by atoms with Crippen LogP contribution in [0.25, 0.3) is 86.5 Å². The monoisotopic (exact) mass is 1000 g/mol. The minimum Gasteiger partial charge on any atom is -0.500 e. The van der Waals surface area contributed by atoms with Gasteiger partial charge in [0.1, 0.15) is 5.58 Å². The molecule has 0 saturated heterocycles. The predicted octanol–water partition coefficient (Wildman–Crippen LogP) is 14.6. The Labute approximate surface area is 382 Å². The van der Waals surface area contributed by atoms with Gasteiger partial charge >= 0.3 is 0 Å². The molecular formula is C55H42IrN2OSSi-2. The van der Waals surface area contributed by atoms with Crippen LogP contribution < -0.4 is 5.19 Å². The van der Waals surface area contributed by atoms with E-state index in [1.165, 1.54) is 5.19 Å². The third-order valence-electron chi connectivity index (χ3n) is 10.9. The predicted molar refractivity (Wildman–Crippen MR) is 257 cm³/mol. The maximum atomic E-state index is 9.18. The number of rotatable bonds is 6. The van der Waals surface area contributed by atoms with E-state index in [1.54, 1.807) is 23.6 Å². The minimum absolute atomic E-state index is 0. The molecule has 4 aromatic heterocycles. The van der Waals surface area contributed by atoms with Crippen molar-refractivity contribution in [3.05, 3.63) is 199 Å². The number of furan rings is 1. The first kappa shape index (κ1) is 34.7. The van der Waals surface area contributed by atoms with Gasteiger partial charge in [0.05, 0.1) is 13.7 Å². The molecule has 6 heteroatoms. The van der Waals surface area contributed by atoms with Crippen molar-refractivity contribution in [1.29, 1.82) is 0 Å². The summed E-state index contributed by atoms with van der Waals surface area (Å²) in [6.07, 6.45) is 2.01. The maximum absolute atomic E-state index is 9.18. The average molecular weight is 1000 g/mol.